The van der Waals surface area contributed by atoms with Crippen LogP contribution in [0.3, 0.4) is 0 Å². The van der Waals surface area contributed by atoms with E-state index in [2.05, 4.69) is 31.5 Å². The van der Waals surface area contributed by atoms with Crippen molar-refractivity contribution < 1.29 is 22.7 Å². The Balaban J connectivity index is 2.05. The SMILES string of the molecule is O=C(C(=CN1CCOCC1)c1nnnn1-c1ccc(Br)cc1)C(F)(F)F. The van der Waals surface area contributed by atoms with Crippen LogP contribution in [0.4, 0.5) is 13.2 Å². The molecular weight excluding hydrogens is 419 g/mol. The van der Waals surface area contributed by atoms with Crippen molar-refractivity contribution in [2.45, 2.75) is 6.18 Å². The third-order valence-corrected chi connectivity index (χ3v) is 4.17. The molecule has 138 valence electrons. The molecule has 1 aliphatic rings. The molecule has 0 saturated carbocycles. The van der Waals surface area contributed by atoms with Gasteiger partial charge in [-0.2, -0.15) is 17.9 Å². The molecule has 0 spiro atoms. The van der Waals surface area contributed by atoms with Gasteiger partial charge in [-0.3, -0.25) is 4.79 Å². The summed E-state index contributed by atoms with van der Waals surface area (Å²) < 4.78 is 46.4. The van der Waals surface area contributed by atoms with Crippen LogP contribution in [0, 0.1) is 0 Å². The van der Waals surface area contributed by atoms with Crippen molar-refractivity contribution in [2.75, 3.05) is 26.3 Å². The zero-order valence-corrected chi connectivity index (χ0v) is 14.9. The van der Waals surface area contributed by atoms with Gasteiger partial charge in [0.05, 0.1) is 24.5 Å². The number of rotatable bonds is 4. The lowest BCUT2D eigenvalue weighted by Crippen LogP contribution is -2.34. The van der Waals surface area contributed by atoms with Crippen LogP contribution >= 0.6 is 15.9 Å². The van der Waals surface area contributed by atoms with Crippen molar-refractivity contribution in [1.29, 1.82) is 0 Å². The Morgan fingerprint density at radius 2 is 1.85 bits per heavy atom. The predicted molar refractivity (Wildman–Crippen MR) is 88.3 cm³/mol. The number of allylic oxidation sites excluding steroid dienone is 1. The second-order valence-electron chi connectivity index (χ2n) is 5.41. The minimum Gasteiger partial charge on any atom is -0.378 e. The first kappa shape index (κ1) is 18.5. The van der Waals surface area contributed by atoms with Crippen LogP contribution in [0.25, 0.3) is 11.3 Å². The third-order valence-electron chi connectivity index (χ3n) is 3.64. The number of ether oxygens (including phenoxy) is 1. The topological polar surface area (TPSA) is 73.1 Å². The molecule has 1 aromatic heterocycles. The summed E-state index contributed by atoms with van der Waals surface area (Å²) in [5.74, 6) is -2.28. The van der Waals surface area contributed by atoms with Crippen molar-refractivity contribution in [3.05, 3.63) is 40.8 Å². The van der Waals surface area contributed by atoms with Gasteiger partial charge in [0.2, 0.25) is 0 Å². The minimum atomic E-state index is -5.05. The van der Waals surface area contributed by atoms with Crippen molar-refractivity contribution in [3.63, 3.8) is 0 Å². The molecule has 2 heterocycles. The van der Waals surface area contributed by atoms with Crippen LogP contribution in [0.1, 0.15) is 5.82 Å². The Morgan fingerprint density at radius 3 is 2.46 bits per heavy atom. The Bertz CT molecular complexity index is 813. The van der Waals surface area contributed by atoms with Gasteiger partial charge in [0.25, 0.3) is 5.78 Å². The third kappa shape index (κ3) is 4.10. The minimum absolute atomic E-state index is 0.277. The molecule has 11 heteroatoms. The maximum atomic E-state index is 13.1. The summed E-state index contributed by atoms with van der Waals surface area (Å²) in [6, 6.07) is 6.62. The highest BCUT2D eigenvalue weighted by molar-refractivity contribution is 9.10. The summed E-state index contributed by atoms with van der Waals surface area (Å²) >= 11 is 3.28. The van der Waals surface area contributed by atoms with Crippen LogP contribution in [0.15, 0.2) is 34.9 Å². The largest absolute Gasteiger partial charge is 0.455 e. The van der Waals surface area contributed by atoms with Crippen LogP contribution < -0.4 is 0 Å². The van der Waals surface area contributed by atoms with Crippen molar-refractivity contribution in [1.82, 2.24) is 25.1 Å². The monoisotopic (exact) mass is 431 g/mol. The van der Waals surface area contributed by atoms with E-state index < -0.39 is 17.5 Å². The molecule has 1 saturated heterocycles. The van der Waals surface area contributed by atoms with Crippen LogP contribution in [-0.4, -0.2) is 63.4 Å². The molecule has 0 radical (unpaired) electrons. The van der Waals surface area contributed by atoms with Crippen molar-refractivity contribution in [3.8, 4) is 5.69 Å². The number of tetrazole rings is 1. The van der Waals surface area contributed by atoms with Gasteiger partial charge >= 0.3 is 6.18 Å². The smallest absolute Gasteiger partial charge is 0.378 e. The lowest BCUT2D eigenvalue weighted by atomic mass is 10.1. The Morgan fingerprint density at radius 1 is 1.19 bits per heavy atom. The number of hydrogen-bond donors (Lipinski definition) is 0. The maximum absolute atomic E-state index is 13.1. The normalized spacial score (nSPS) is 16.0. The molecule has 26 heavy (non-hydrogen) atoms. The number of benzene rings is 1. The Kier molecular flexibility index (Phi) is 5.37. The molecule has 0 bridgehead atoms. The second-order valence-corrected chi connectivity index (χ2v) is 6.32. The van der Waals surface area contributed by atoms with E-state index in [0.717, 1.165) is 15.4 Å². The number of ketones is 1. The van der Waals surface area contributed by atoms with Gasteiger partial charge in [0, 0.05) is 23.8 Å². The van der Waals surface area contributed by atoms with Gasteiger partial charge in [-0.25, -0.2) is 0 Å². The molecule has 0 amide bonds. The Labute approximate surface area is 154 Å². The van der Waals surface area contributed by atoms with E-state index in [-0.39, 0.29) is 5.82 Å². The zero-order valence-electron chi connectivity index (χ0n) is 13.3. The van der Waals surface area contributed by atoms with E-state index in [0.29, 0.717) is 32.0 Å². The fourth-order valence-corrected chi connectivity index (χ4v) is 2.64. The molecule has 0 N–H and O–H groups in total. The molecular formula is C15H13BrF3N5O2. The van der Waals surface area contributed by atoms with Gasteiger partial charge in [-0.15, -0.1) is 5.10 Å². The van der Waals surface area contributed by atoms with Crippen molar-refractivity contribution in [2.24, 2.45) is 0 Å². The predicted octanol–water partition coefficient (Wildman–Crippen LogP) is 2.23. The van der Waals surface area contributed by atoms with E-state index in [1.165, 1.54) is 0 Å². The first-order valence-electron chi connectivity index (χ1n) is 7.56. The molecule has 0 atom stereocenters. The van der Waals surface area contributed by atoms with E-state index in [4.69, 9.17) is 4.74 Å². The number of morpholine rings is 1. The summed E-state index contributed by atoms with van der Waals surface area (Å²) in [7, 11) is 0. The van der Waals surface area contributed by atoms with Crippen LogP contribution in [-0.2, 0) is 9.53 Å². The van der Waals surface area contributed by atoms with Crippen molar-refractivity contribution >= 4 is 27.3 Å². The lowest BCUT2D eigenvalue weighted by Gasteiger charge is -2.26. The summed E-state index contributed by atoms with van der Waals surface area (Å²) in [5.41, 5.74) is -0.191. The maximum Gasteiger partial charge on any atom is 0.455 e. The first-order valence-corrected chi connectivity index (χ1v) is 8.35. The molecule has 1 aromatic carbocycles. The molecule has 1 aliphatic heterocycles. The molecule has 1 fully saturated rings. The van der Waals surface area contributed by atoms with Gasteiger partial charge in [0.15, 0.2) is 5.82 Å². The highest BCUT2D eigenvalue weighted by atomic mass is 79.9. The molecule has 7 nitrogen and oxygen atoms in total. The second kappa shape index (κ2) is 7.54. The highest BCUT2D eigenvalue weighted by Crippen LogP contribution is 2.27. The van der Waals surface area contributed by atoms with Gasteiger partial charge in [-0.1, -0.05) is 15.9 Å². The van der Waals surface area contributed by atoms with Gasteiger partial charge in [-0.05, 0) is 34.7 Å². The Hall–Kier alpha value is -2.27. The number of alkyl halides is 3. The fraction of sp³-hybridized carbons (Fsp3) is 0.333. The molecule has 2 aromatic rings. The molecule has 0 aliphatic carbocycles. The number of aromatic nitrogens is 4. The summed E-state index contributed by atoms with van der Waals surface area (Å²) in [6.45, 7) is 1.46. The highest BCUT2D eigenvalue weighted by Gasteiger charge is 2.43. The van der Waals surface area contributed by atoms with Gasteiger partial charge in [0.1, 0.15) is 0 Å². The quantitative estimate of drug-likeness (QED) is 0.691. The average Bonchev–Trinajstić information content (AvgIpc) is 3.09. The molecule has 0 unspecified atom stereocenters. The van der Waals surface area contributed by atoms with E-state index in [1.54, 1.807) is 29.2 Å². The van der Waals surface area contributed by atoms with Crippen LogP contribution in [0.2, 0.25) is 0 Å². The average molecular weight is 432 g/mol. The zero-order chi connectivity index (χ0) is 18.7. The number of nitrogens with zero attached hydrogens (tertiary/aromatic N) is 5. The number of carbonyl (C=O) groups is 1. The van der Waals surface area contributed by atoms with Crippen LogP contribution in [0.5, 0.6) is 0 Å². The lowest BCUT2D eigenvalue weighted by molar-refractivity contribution is -0.164. The fourth-order valence-electron chi connectivity index (χ4n) is 2.37. The number of Topliss-reactive ketones (excluding diaryl/α,β-unsaturated/α-hetero) is 1. The molecule has 3 rings (SSSR count). The summed E-state index contributed by atoms with van der Waals surface area (Å²) in [4.78, 5) is 13.6. The number of hydrogen-bond acceptors (Lipinski definition) is 6. The first-order chi connectivity index (χ1) is 12.4. The van der Waals surface area contributed by atoms with Gasteiger partial charge < -0.3 is 9.64 Å². The summed E-state index contributed by atoms with van der Waals surface area (Å²) in [6.07, 6.45) is -3.89. The summed E-state index contributed by atoms with van der Waals surface area (Å²) in [5, 5.41) is 10.8. The van der Waals surface area contributed by atoms with E-state index in [1.807, 2.05) is 0 Å². The van der Waals surface area contributed by atoms with E-state index in [9.17, 15) is 18.0 Å². The van der Waals surface area contributed by atoms with E-state index >= 15 is 0 Å². The number of halogens is 4. The number of carbonyl (C=O) groups excluding carboxylic acids is 1. The standard InChI is InChI=1S/C15H13BrF3N5O2/c16-10-1-3-11(4-2-10)24-14(20-21-22-24)12(13(25)15(17,18)19)9-23-5-7-26-8-6-23/h1-4,9H,5-8H2.